The Bertz CT molecular complexity index is 739. The molecule has 20 heavy (non-hydrogen) atoms. The van der Waals surface area contributed by atoms with E-state index in [9.17, 15) is 0 Å². The van der Waals surface area contributed by atoms with Gasteiger partial charge in [0.05, 0.1) is 22.6 Å². The second-order valence-corrected chi connectivity index (χ2v) is 5.46. The van der Waals surface area contributed by atoms with E-state index in [0.29, 0.717) is 11.6 Å². The first-order valence-corrected chi connectivity index (χ1v) is 6.87. The van der Waals surface area contributed by atoms with E-state index in [1.165, 1.54) is 6.33 Å². The Morgan fingerprint density at radius 2 is 2.20 bits per heavy atom. The summed E-state index contributed by atoms with van der Waals surface area (Å²) in [6.07, 6.45) is 4.82. The number of pyridine rings is 1. The van der Waals surface area contributed by atoms with Crippen molar-refractivity contribution in [3.05, 3.63) is 47.4 Å². The first-order chi connectivity index (χ1) is 9.65. The molecule has 7 heteroatoms. The maximum absolute atomic E-state index is 6.21. The molecule has 0 spiro atoms. The van der Waals surface area contributed by atoms with Gasteiger partial charge in [0.1, 0.15) is 17.7 Å². The lowest BCUT2D eigenvalue weighted by Crippen LogP contribution is -2.07. The summed E-state index contributed by atoms with van der Waals surface area (Å²) in [6, 6.07) is 3.63. The van der Waals surface area contributed by atoms with Crippen LogP contribution in [0, 0.1) is 0 Å². The number of nitrogens with zero attached hydrogens (tertiary/aromatic N) is 5. The van der Waals surface area contributed by atoms with Gasteiger partial charge in [0.2, 0.25) is 0 Å². The van der Waals surface area contributed by atoms with Gasteiger partial charge < -0.3 is 4.57 Å². The van der Waals surface area contributed by atoms with Crippen LogP contribution in [0.3, 0.4) is 0 Å². The Hall–Kier alpha value is -1.72. The van der Waals surface area contributed by atoms with Crippen LogP contribution in [0.25, 0.3) is 11.2 Å². The van der Waals surface area contributed by atoms with Crippen LogP contribution < -0.4 is 0 Å². The van der Waals surface area contributed by atoms with Crippen molar-refractivity contribution in [2.24, 2.45) is 0 Å². The monoisotopic (exact) mass is 307 g/mol. The SMILES string of the molecule is CC(Cl)c1nc2cc(Cl)cnc2n1Cc1ccncn1. The van der Waals surface area contributed by atoms with Gasteiger partial charge in [0.25, 0.3) is 0 Å². The summed E-state index contributed by atoms with van der Waals surface area (Å²) in [5, 5.41) is 0.322. The molecule has 0 radical (unpaired) electrons. The third-order valence-corrected chi connectivity index (χ3v) is 3.30. The van der Waals surface area contributed by atoms with Gasteiger partial charge in [-0.2, -0.15) is 0 Å². The first-order valence-electron chi connectivity index (χ1n) is 6.06. The van der Waals surface area contributed by atoms with Crippen molar-refractivity contribution in [3.8, 4) is 0 Å². The zero-order valence-electron chi connectivity index (χ0n) is 10.7. The molecular formula is C13H11Cl2N5. The van der Waals surface area contributed by atoms with Crippen LogP contribution in [0.2, 0.25) is 5.02 Å². The fourth-order valence-corrected chi connectivity index (χ4v) is 2.36. The molecule has 0 amide bonds. The molecule has 1 unspecified atom stereocenters. The maximum Gasteiger partial charge on any atom is 0.160 e. The van der Waals surface area contributed by atoms with Crippen LogP contribution in [-0.2, 0) is 6.54 Å². The Morgan fingerprint density at radius 1 is 1.35 bits per heavy atom. The highest BCUT2D eigenvalue weighted by atomic mass is 35.5. The molecule has 0 aliphatic carbocycles. The van der Waals surface area contributed by atoms with Crippen molar-refractivity contribution in [1.82, 2.24) is 24.5 Å². The number of hydrogen-bond donors (Lipinski definition) is 0. The minimum absolute atomic E-state index is 0.232. The second-order valence-electron chi connectivity index (χ2n) is 4.37. The lowest BCUT2D eigenvalue weighted by molar-refractivity contribution is 0.719. The topological polar surface area (TPSA) is 56.5 Å². The summed E-state index contributed by atoms with van der Waals surface area (Å²) in [6.45, 7) is 2.42. The van der Waals surface area contributed by atoms with Gasteiger partial charge in [-0.1, -0.05) is 11.6 Å². The van der Waals surface area contributed by atoms with Crippen molar-refractivity contribution in [3.63, 3.8) is 0 Å². The number of fused-ring (bicyclic) bond motifs is 1. The van der Waals surface area contributed by atoms with Gasteiger partial charge in [-0.05, 0) is 19.1 Å². The molecule has 3 aromatic rings. The van der Waals surface area contributed by atoms with E-state index in [2.05, 4.69) is 19.9 Å². The van der Waals surface area contributed by atoms with E-state index in [1.54, 1.807) is 18.5 Å². The molecular weight excluding hydrogens is 297 g/mol. The normalized spacial score (nSPS) is 12.8. The molecule has 3 rings (SSSR count). The number of aromatic nitrogens is 5. The molecule has 0 bridgehead atoms. The summed E-state index contributed by atoms with van der Waals surface area (Å²) in [7, 11) is 0. The van der Waals surface area contributed by atoms with Gasteiger partial charge in [-0.3, -0.25) is 0 Å². The number of halogens is 2. The zero-order valence-corrected chi connectivity index (χ0v) is 12.2. The zero-order chi connectivity index (χ0) is 14.1. The number of alkyl halides is 1. The fourth-order valence-electron chi connectivity index (χ4n) is 2.04. The third kappa shape index (κ3) is 2.46. The van der Waals surface area contributed by atoms with Crippen molar-refractivity contribution < 1.29 is 0 Å². The molecule has 1 atom stereocenters. The van der Waals surface area contributed by atoms with Crippen LogP contribution in [0.5, 0.6) is 0 Å². The molecule has 0 N–H and O–H groups in total. The summed E-state index contributed by atoms with van der Waals surface area (Å²) >= 11 is 12.2. The molecule has 0 aliphatic heterocycles. The molecule has 0 aromatic carbocycles. The largest absolute Gasteiger partial charge is 0.305 e. The molecule has 0 aliphatic rings. The second kappa shape index (κ2) is 5.34. The van der Waals surface area contributed by atoms with Gasteiger partial charge in [0.15, 0.2) is 5.65 Å². The Morgan fingerprint density at radius 3 is 2.90 bits per heavy atom. The van der Waals surface area contributed by atoms with Crippen LogP contribution in [0.15, 0.2) is 30.9 Å². The van der Waals surface area contributed by atoms with Crippen LogP contribution >= 0.6 is 23.2 Å². The Labute approximate surface area is 125 Å². The number of imidazole rings is 1. The van der Waals surface area contributed by atoms with E-state index in [-0.39, 0.29) is 5.38 Å². The highest BCUT2D eigenvalue weighted by Gasteiger charge is 2.16. The molecule has 3 aromatic heterocycles. The standard InChI is InChI=1S/C13H11Cl2N5/c1-8(14)12-19-11-4-9(15)5-17-13(11)20(12)6-10-2-3-16-7-18-10/h2-5,7-8H,6H2,1H3. The summed E-state index contributed by atoms with van der Waals surface area (Å²) in [5.41, 5.74) is 2.35. The maximum atomic E-state index is 6.21. The van der Waals surface area contributed by atoms with Gasteiger partial charge in [-0.15, -0.1) is 11.6 Å². The number of hydrogen-bond acceptors (Lipinski definition) is 4. The van der Waals surface area contributed by atoms with E-state index >= 15 is 0 Å². The van der Waals surface area contributed by atoms with Crippen molar-refractivity contribution in [1.29, 1.82) is 0 Å². The van der Waals surface area contributed by atoms with Gasteiger partial charge in [0, 0.05) is 12.4 Å². The predicted octanol–water partition coefficient (Wildman–Crippen LogP) is 3.22. The average molecular weight is 308 g/mol. The average Bonchev–Trinajstić information content (AvgIpc) is 2.78. The molecule has 102 valence electrons. The summed E-state index contributed by atoms with van der Waals surface area (Å²) in [4.78, 5) is 17.0. The van der Waals surface area contributed by atoms with Crippen LogP contribution in [0.4, 0.5) is 0 Å². The van der Waals surface area contributed by atoms with E-state index < -0.39 is 0 Å². The lowest BCUT2D eigenvalue weighted by Gasteiger charge is -2.09. The Kier molecular flexibility index (Phi) is 3.54. The van der Waals surface area contributed by atoms with Crippen LogP contribution in [-0.4, -0.2) is 24.5 Å². The third-order valence-electron chi connectivity index (χ3n) is 2.90. The fraction of sp³-hybridized carbons (Fsp3) is 0.231. The minimum Gasteiger partial charge on any atom is -0.305 e. The van der Waals surface area contributed by atoms with E-state index in [0.717, 1.165) is 22.7 Å². The van der Waals surface area contributed by atoms with E-state index in [1.807, 2.05) is 17.6 Å². The molecule has 0 saturated carbocycles. The molecule has 5 nitrogen and oxygen atoms in total. The number of rotatable bonds is 3. The molecule has 0 saturated heterocycles. The smallest absolute Gasteiger partial charge is 0.160 e. The Balaban J connectivity index is 2.14. The summed E-state index contributed by atoms with van der Waals surface area (Å²) < 4.78 is 1.95. The van der Waals surface area contributed by atoms with Crippen molar-refractivity contribution in [2.45, 2.75) is 18.8 Å². The highest BCUT2D eigenvalue weighted by Crippen LogP contribution is 2.25. The van der Waals surface area contributed by atoms with Gasteiger partial charge >= 0.3 is 0 Å². The first kappa shape index (κ1) is 13.3. The molecule has 0 fully saturated rings. The predicted molar refractivity (Wildman–Crippen MR) is 77.9 cm³/mol. The van der Waals surface area contributed by atoms with Crippen molar-refractivity contribution in [2.75, 3.05) is 0 Å². The van der Waals surface area contributed by atoms with Crippen molar-refractivity contribution >= 4 is 34.4 Å². The van der Waals surface area contributed by atoms with Crippen LogP contribution in [0.1, 0.15) is 23.8 Å². The van der Waals surface area contributed by atoms with Gasteiger partial charge in [-0.25, -0.2) is 19.9 Å². The highest BCUT2D eigenvalue weighted by molar-refractivity contribution is 6.31. The lowest BCUT2D eigenvalue weighted by atomic mass is 10.3. The van der Waals surface area contributed by atoms with E-state index in [4.69, 9.17) is 23.2 Å². The minimum atomic E-state index is -0.232. The molecule has 3 heterocycles. The summed E-state index contributed by atoms with van der Waals surface area (Å²) in [5.74, 6) is 0.745. The quantitative estimate of drug-likeness (QED) is 0.697.